The Morgan fingerprint density at radius 3 is 2.86 bits per heavy atom. The average molecular weight is 292 g/mol. The number of ether oxygens (including phenoxy) is 1. The first-order valence-electron chi connectivity index (χ1n) is 7.86. The zero-order valence-corrected chi connectivity index (χ0v) is 12.8. The Bertz CT molecular complexity index is 540. The highest BCUT2D eigenvalue weighted by atomic mass is 16.5. The summed E-state index contributed by atoms with van der Waals surface area (Å²) in [6, 6.07) is 0.872. The summed E-state index contributed by atoms with van der Waals surface area (Å²) in [7, 11) is 1.37. The molecular formula is C15H24N4O2. The molecule has 0 aromatic carbocycles. The molecule has 116 valence electrons. The van der Waals surface area contributed by atoms with E-state index in [1.807, 2.05) is 6.92 Å². The summed E-state index contributed by atoms with van der Waals surface area (Å²) in [4.78, 5) is 18.8. The van der Waals surface area contributed by atoms with Crippen LogP contribution < -0.4 is 5.73 Å². The lowest BCUT2D eigenvalue weighted by Gasteiger charge is -2.33. The van der Waals surface area contributed by atoms with Crippen molar-refractivity contribution in [1.82, 2.24) is 14.5 Å². The molecule has 0 aliphatic carbocycles. The number of nitrogen functional groups attached to an aromatic ring is 1. The fourth-order valence-electron chi connectivity index (χ4n) is 3.88. The third-order valence-electron chi connectivity index (χ3n) is 4.87. The average Bonchev–Trinajstić information content (AvgIpc) is 3.07. The minimum absolute atomic E-state index is 0.267. The Morgan fingerprint density at radius 1 is 1.33 bits per heavy atom. The lowest BCUT2D eigenvalue weighted by atomic mass is 9.98. The summed E-state index contributed by atoms with van der Waals surface area (Å²) in [6.45, 7) is 4.34. The number of imidazole rings is 1. The normalized spacial score (nSPS) is 25.8. The van der Waals surface area contributed by atoms with Gasteiger partial charge in [-0.2, -0.15) is 0 Å². The van der Waals surface area contributed by atoms with Gasteiger partial charge >= 0.3 is 5.97 Å². The molecule has 2 N–H and O–H groups in total. The van der Waals surface area contributed by atoms with E-state index in [1.165, 1.54) is 32.9 Å². The van der Waals surface area contributed by atoms with Gasteiger partial charge in [0.05, 0.1) is 13.2 Å². The van der Waals surface area contributed by atoms with E-state index in [0.29, 0.717) is 17.9 Å². The van der Waals surface area contributed by atoms with E-state index >= 15 is 0 Å². The Morgan fingerprint density at radius 2 is 2.14 bits per heavy atom. The number of fused-ring (bicyclic) bond motifs is 1. The fourth-order valence-corrected chi connectivity index (χ4v) is 3.88. The predicted molar refractivity (Wildman–Crippen MR) is 80.2 cm³/mol. The molecule has 2 aliphatic heterocycles. The lowest BCUT2D eigenvalue weighted by molar-refractivity contribution is 0.0595. The van der Waals surface area contributed by atoms with Crippen molar-refractivity contribution >= 4 is 11.8 Å². The molecule has 2 saturated heterocycles. The van der Waals surface area contributed by atoms with Crippen LogP contribution in [0.2, 0.25) is 0 Å². The summed E-state index contributed by atoms with van der Waals surface area (Å²) in [5, 5.41) is 0. The zero-order valence-electron chi connectivity index (χ0n) is 12.8. The van der Waals surface area contributed by atoms with Crippen LogP contribution in [0.15, 0.2) is 0 Å². The van der Waals surface area contributed by atoms with E-state index in [1.54, 1.807) is 0 Å². The molecule has 3 rings (SSSR count). The summed E-state index contributed by atoms with van der Waals surface area (Å²) < 4.78 is 6.89. The second-order valence-corrected chi connectivity index (χ2v) is 5.93. The number of nitrogens with two attached hydrogens (primary N) is 1. The van der Waals surface area contributed by atoms with Crippen molar-refractivity contribution in [1.29, 1.82) is 0 Å². The van der Waals surface area contributed by atoms with E-state index in [9.17, 15) is 4.79 Å². The van der Waals surface area contributed by atoms with Crippen molar-refractivity contribution < 1.29 is 9.53 Å². The Balaban J connectivity index is 1.97. The maximum absolute atomic E-state index is 11.8. The summed E-state index contributed by atoms with van der Waals surface area (Å²) in [5.41, 5.74) is 6.51. The molecule has 0 radical (unpaired) electrons. The highest BCUT2D eigenvalue weighted by Crippen LogP contribution is 2.38. The number of esters is 1. The van der Waals surface area contributed by atoms with Gasteiger partial charge in [0.15, 0.2) is 5.69 Å². The molecule has 6 heteroatoms. The Hall–Kier alpha value is -1.56. The number of anilines is 1. The van der Waals surface area contributed by atoms with E-state index < -0.39 is 5.97 Å². The van der Waals surface area contributed by atoms with E-state index in [0.717, 1.165) is 25.2 Å². The third kappa shape index (κ3) is 2.31. The number of piperidine rings is 1. The van der Waals surface area contributed by atoms with Crippen molar-refractivity contribution in [2.45, 2.75) is 51.1 Å². The Kier molecular flexibility index (Phi) is 3.89. The smallest absolute Gasteiger partial charge is 0.360 e. The van der Waals surface area contributed by atoms with Crippen LogP contribution in [0.5, 0.6) is 0 Å². The van der Waals surface area contributed by atoms with Crippen LogP contribution in [0.1, 0.15) is 55.0 Å². The fraction of sp³-hybridized carbons (Fsp3) is 0.733. The lowest BCUT2D eigenvalue weighted by Crippen LogP contribution is -2.38. The first kappa shape index (κ1) is 14.4. The molecule has 0 amide bonds. The van der Waals surface area contributed by atoms with Gasteiger partial charge in [-0.05, 0) is 25.8 Å². The number of carbonyl (C=O) groups is 1. The van der Waals surface area contributed by atoms with Crippen LogP contribution in [0.3, 0.4) is 0 Å². The molecule has 2 atom stereocenters. The van der Waals surface area contributed by atoms with Crippen LogP contribution in [0, 0.1) is 0 Å². The third-order valence-corrected chi connectivity index (χ3v) is 4.87. The molecule has 0 bridgehead atoms. The van der Waals surface area contributed by atoms with Gasteiger partial charge < -0.3 is 15.0 Å². The molecule has 1 aromatic rings. The number of carbonyl (C=O) groups excluding carboxylic acids is 1. The van der Waals surface area contributed by atoms with Crippen molar-refractivity contribution in [2.75, 3.05) is 25.9 Å². The minimum Gasteiger partial charge on any atom is -0.464 e. The quantitative estimate of drug-likeness (QED) is 0.857. The van der Waals surface area contributed by atoms with Crippen molar-refractivity contribution in [3.8, 4) is 0 Å². The summed E-state index contributed by atoms with van der Waals surface area (Å²) in [6.07, 6.45) is 5.62. The van der Waals surface area contributed by atoms with E-state index in [2.05, 4.69) is 14.5 Å². The first-order chi connectivity index (χ1) is 10.2. The van der Waals surface area contributed by atoms with Crippen LogP contribution in [-0.2, 0) is 11.2 Å². The highest BCUT2D eigenvalue weighted by molar-refractivity contribution is 5.92. The monoisotopic (exact) mass is 292 g/mol. The van der Waals surface area contributed by atoms with Crippen molar-refractivity contribution in [3.63, 3.8) is 0 Å². The largest absolute Gasteiger partial charge is 0.464 e. The molecule has 0 saturated carbocycles. The van der Waals surface area contributed by atoms with Gasteiger partial charge in [0.1, 0.15) is 11.6 Å². The summed E-state index contributed by atoms with van der Waals surface area (Å²) in [5.74, 6) is 0.917. The van der Waals surface area contributed by atoms with E-state index in [4.69, 9.17) is 10.5 Å². The molecule has 2 fully saturated rings. The van der Waals surface area contributed by atoms with Gasteiger partial charge in [0.25, 0.3) is 0 Å². The number of hydrogen-bond acceptors (Lipinski definition) is 5. The number of hydrogen-bond donors (Lipinski definition) is 1. The zero-order chi connectivity index (χ0) is 15.0. The van der Waals surface area contributed by atoms with Crippen LogP contribution in [-0.4, -0.2) is 46.7 Å². The van der Waals surface area contributed by atoms with Gasteiger partial charge in [0.2, 0.25) is 0 Å². The van der Waals surface area contributed by atoms with Gasteiger partial charge in [-0.15, -0.1) is 0 Å². The molecule has 2 unspecified atom stereocenters. The molecule has 0 spiro atoms. The van der Waals surface area contributed by atoms with E-state index in [-0.39, 0.29) is 5.69 Å². The maximum Gasteiger partial charge on any atom is 0.360 e. The number of methoxy groups -OCH3 is 1. The van der Waals surface area contributed by atoms with Gasteiger partial charge in [-0.3, -0.25) is 4.90 Å². The number of rotatable bonds is 3. The predicted octanol–water partition coefficient (Wildman–Crippen LogP) is 1.61. The topological polar surface area (TPSA) is 73.4 Å². The standard InChI is InChI=1S/C15H24N4O2/c1-3-12-17-13(15(20)21-2)14(16)19(12)11-7-9-18-8-5-4-6-10(11)18/h10-11H,3-9,16H2,1-2H3. The van der Waals surface area contributed by atoms with Crippen LogP contribution in [0.25, 0.3) is 0 Å². The Labute approximate surface area is 125 Å². The molecule has 21 heavy (non-hydrogen) atoms. The molecular weight excluding hydrogens is 268 g/mol. The number of aromatic nitrogens is 2. The van der Waals surface area contributed by atoms with Crippen molar-refractivity contribution in [3.05, 3.63) is 11.5 Å². The van der Waals surface area contributed by atoms with Gasteiger partial charge in [-0.25, -0.2) is 9.78 Å². The van der Waals surface area contributed by atoms with Crippen LogP contribution >= 0.6 is 0 Å². The maximum atomic E-state index is 11.8. The second kappa shape index (κ2) is 5.67. The molecule has 1 aromatic heterocycles. The molecule has 6 nitrogen and oxygen atoms in total. The summed E-state index contributed by atoms with van der Waals surface area (Å²) >= 11 is 0. The first-order valence-corrected chi connectivity index (χ1v) is 7.86. The van der Waals surface area contributed by atoms with Gasteiger partial charge in [-0.1, -0.05) is 13.3 Å². The van der Waals surface area contributed by atoms with Crippen molar-refractivity contribution in [2.24, 2.45) is 0 Å². The molecule has 2 aliphatic rings. The number of aryl methyl sites for hydroxylation is 1. The SMILES string of the molecule is CCc1nc(C(=O)OC)c(N)n1C1CCN2CCCCC12. The van der Waals surface area contributed by atoms with Gasteiger partial charge in [0, 0.05) is 19.0 Å². The number of nitrogens with zero attached hydrogens (tertiary/aromatic N) is 3. The molecule has 3 heterocycles. The highest BCUT2D eigenvalue weighted by Gasteiger charge is 2.39. The minimum atomic E-state index is -0.445. The van der Waals surface area contributed by atoms with Crippen LogP contribution in [0.4, 0.5) is 5.82 Å². The second-order valence-electron chi connectivity index (χ2n) is 5.93.